The second kappa shape index (κ2) is 6.48. The maximum Gasteiger partial charge on any atom is 0.363 e. The third kappa shape index (κ3) is 5.70. The molecule has 0 spiro atoms. The first kappa shape index (κ1) is 14.9. The highest BCUT2D eigenvalue weighted by Gasteiger charge is 2.36. The SMILES string of the molecule is CC(=O)OC(N)(CCCCC(C)C)C(=O)O. The van der Waals surface area contributed by atoms with Crippen LogP contribution in [0.25, 0.3) is 0 Å². The van der Waals surface area contributed by atoms with E-state index in [1.807, 2.05) is 0 Å². The molecule has 5 nitrogen and oxygen atoms in total. The molecule has 0 aromatic carbocycles. The van der Waals surface area contributed by atoms with Crippen molar-refractivity contribution in [1.29, 1.82) is 0 Å². The van der Waals surface area contributed by atoms with E-state index in [0.29, 0.717) is 12.3 Å². The topological polar surface area (TPSA) is 89.6 Å². The summed E-state index contributed by atoms with van der Waals surface area (Å²) in [6, 6.07) is 0. The molecule has 0 rings (SSSR count). The predicted octanol–water partition coefficient (Wildman–Crippen LogP) is 1.51. The molecule has 3 N–H and O–H groups in total. The summed E-state index contributed by atoms with van der Waals surface area (Å²) < 4.78 is 4.65. The zero-order valence-electron chi connectivity index (χ0n) is 10.2. The molecule has 0 radical (unpaired) electrons. The normalized spacial score (nSPS) is 14.6. The minimum atomic E-state index is -1.87. The van der Waals surface area contributed by atoms with Crippen LogP contribution in [0.4, 0.5) is 0 Å². The van der Waals surface area contributed by atoms with E-state index >= 15 is 0 Å². The molecule has 0 bridgehead atoms. The van der Waals surface area contributed by atoms with Crippen LogP contribution in [0.1, 0.15) is 46.5 Å². The van der Waals surface area contributed by atoms with Crippen LogP contribution in [0, 0.1) is 5.92 Å². The molecule has 5 heteroatoms. The van der Waals surface area contributed by atoms with Crippen molar-refractivity contribution in [1.82, 2.24) is 0 Å². The summed E-state index contributed by atoms with van der Waals surface area (Å²) >= 11 is 0. The Labute approximate surface area is 96.0 Å². The minimum Gasteiger partial charge on any atom is -0.477 e. The van der Waals surface area contributed by atoms with Crippen molar-refractivity contribution < 1.29 is 19.4 Å². The summed E-state index contributed by atoms with van der Waals surface area (Å²) in [6.45, 7) is 5.34. The molecular weight excluding hydrogens is 210 g/mol. The molecule has 0 aliphatic carbocycles. The smallest absolute Gasteiger partial charge is 0.363 e. The third-order valence-corrected chi connectivity index (χ3v) is 2.27. The lowest BCUT2D eigenvalue weighted by Gasteiger charge is -2.24. The number of nitrogens with two attached hydrogens (primary N) is 1. The number of carboxylic acids is 1. The number of rotatable bonds is 7. The first-order valence-electron chi connectivity index (χ1n) is 5.50. The van der Waals surface area contributed by atoms with Gasteiger partial charge >= 0.3 is 11.9 Å². The maximum absolute atomic E-state index is 10.9. The van der Waals surface area contributed by atoms with Crippen molar-refractivity contribution in [2.24, 2.45) is 11.7 Å². The van der Waals surface area contributed by atoms with Crippen molar-refractivity contribution >= 4 is 11.9 Å². The molecule has 0 heterocycles. The molecule has 1 unspecified atom stereocenters. The van der Waals surface area contributed by atoms with Gasteiger partial charge in [0.25, 0.3) is 5.72 Å². The lowest BCUT2D eigenvalue weighted by atomic mass is 10.0. The van der Waals surface area contributed by atoms with E-state index in [-0.39, 0.29) is 6.42 Å². The summed E-state index contributed by atoms with van der Waals surface area (Å²) in [5, 5.41) is 8.89. The molecule has 1 atom stereocenters. The number of carbonyl (C=O) groups excluding carboxylic acids is 1. The van der Waals surface area contributed by atoms with Gasteiger partial charge in [0.05, 0.1) is 0 Å². The van der Waals surface area contributed by atoms with E-state index in [2.05, 4.69) is 18.6 Å². The van der Waals surface area contributed by atoms with Gasteiger partial charge < -0.3 is 9.84 Å². The summed E-state index contributed by atoms with van der Waals surface area (Å²) in [6.07, 6.45) is 2.67. The fraction of sp³-hybridized carbons (Fsp3) is 0.818. The number of esters is 1. The van der Waals surface area contributed by atoms with E-state index in [1.54, 1.807) is 0 Å². The van der Waals surface area contributed by atoms with E-state index in [0.717, 1.165) is 19.8 Å². The fourth-order valence-electron chi connectivity index (χ4n) is 1.40. The van der Waals surface area contributed by atoms with Gasteiger partial charge in [0.1, 0.15) is 0 Å². The third-order valence-electron chi connectivity index (χ3n) is 2.27. The predicted molar refractivity (Wildman–Crippen MR) is 59.6 cm³/mol. The van der Waals surface area contributed by atoms with Crippen LogP contribution in [-0.2, 0) is 14.3 Å². The van der Waals surface area contributed by atoms with Gasteiger partial charge in [0, 0.05) is 13.3 Å². The van der Waals surface area contributed by atoms with E-state index in [9.17, 15) is 9.59 Å². The average molecular weight is 231 g/mol. The van der Waals surface area contributed by atoms with Crippen molar-refractivity contribution in [2.75, 3.05) is 0 Å². The monoisotopic (exact) mass is 231 g/mol. The van der Waals surface area contributed by atoms with Gasteiger partial charge in [0.15, 0.2) is 0 Å². The Morgan fingerprint density at radius 1 is 1.38 bits per heavy atom. The Kier molecular flexibility index (Phi) is 6.03. The number of carbonyl (C=O) groups is 2. The highest BCUT2D eigenvalue weighted by molar-refractivity contribution is 5.80. The van der Waals surface area contributed by atoms with Crippen molar-refractivity contribution in [3.8, 4) is 0 Å². The van der Waals surface area contributed by atoms with Crippen molar-refractivity contribution in [3.63, 3.8) is 0 Å². The van der Waals surface area contributed by atoms with Crippen LogP contribution in [0.3, 0.4) is 0 Å². The van der Waals surface area contributed by atoms with Gasteiger partial charge in [-0.3, -0.25) is 10.5 Å². The largest absolute Gasteiger partial charge is 0.477 e. The number of hydrogen-bond acceptors (Lipinski definition) is 4. The van der Waals surface area contributed by atoms with E-state index < -0.39 is 17.7 Å². The lowest BCUT2D eigenvalue weighted by molar-refractivity contribution is -0.177. The number of ether oxygens (including phenoxy) is 1. The van der Waals surface area contributed by atoms with Gasteiger partial charge in [-0.2, -0.15) is 0 Å². The zero-order chi connectivity index (χ0) is 12.8. The van der Waals surface area contributed by atoms with Gasteiger partial charge in [-0.25, -0.2) is 4.79 Å². The van der Waals surface area contributed by atoms with Crippen LogP contribution < -0.4 is 5.73 Å². The molecule has 16 heavy (non-hydrogen) atoms. The van der Waals surface area contributed by atoms with Crippen LogP contribution in [0.2, 0.25) is 0 Å². The molecule has 0 amide bonds. The van der Waals surface area contributed by atoms with Gasteiger partial charge in [0.2, 0.25) is 0 Å². The van der Waals surface area contributed by atoms with Crippen LogP contribution >= 0.6 is 0 Å². The van der Waals surface area contributed by atoms with Crippen LogP contribution in [0.5, 0.6) is 0 Å². The molecule has 94 valence electrons. The van der Waals surface area contributed by atoms with Crippen molar-refractivity contribution in [3.05, 3.63) is 0 Å². The molecule has 0 saturated heterocycles. The van der Waals surface area contributed by atoms with Gasteiger partial charge in [-0.15, -0.1) is 0 Å². The second-order valence-corrected chi connectivity index (χ2v) is 4.43. The molecule has 0 aliphatic heterocycles. The lowest BCUT2D eigenvalue weighted by Crippen LogP contribution is -2.51. The molecule has 0 aliphatic rings. The zero-order valence-corrected chi connectivity index (χ0v) is 10.2. The number of unbranched alkanes of at least 4 members (excludes halogenated alkanes) is 1. The Balaban J connectivity index is 4.13. The Bertz CT molecular complexity index is 252. The second-order valence-electron chi connectivity index (χ2n) is 4.43. The summed E-state index contributed by atoms with van der Waals surface area (Å²) in [4.78, 5) is 21.6. The fourth-order valence-corrected chi connectivity index (χ4v) is 1.40. The maximum atomic E-state index is 10.9. The number of carboxylic acid groups (broad SMARTS) is 1. The van der Waals surface area contributed by atoms with Crippen molar-refractivity contribution in [2.45, 2.75) is 52.2 Å². The quantitative estimate of drug-likeness (QED) is 0.394. The molecule has 0 saturated carbocycles. The van der Waals surface area contributed by atoms with Crippen LogP contribution in [-0.4, -0.2) is 22.8 Å². The standard InChI is InChI=1S/C11H21NO4/c1-8(2)6-4-5-7-11(12,10(14)15)16-9(3)13/h8H,4-7,12H2,1-3H3,(H,14,15). The van der Waals surface area contributed by atoms with E-state index in [4.69, 9.17) is 10.8 Å². The van der Waals surface area contributed by atoms with Gasteiger partial charge in [-0.1, -0.05) is 26.7 Å². The first-order valence-corrected chi connectivity index (χ1v) is 5.50. The van der Waals surface area contributed by atoms with Crippen LogP contribution in [0.15, 0.2) is 0 Å². The van der Waals surface area contributed by atoms with Gasteiger partial charge in [-0.05, 0) is 12.3 Å². The number of aliphatic carboxylic acids is 1. The average Bonchev–Trinajstić information content (AvgIpc) is 2.10. The Hall–Kier alpha value is -1.10. The molecule has 0 aromatic rings. The summed E-state index contributed by atoms with van der Waals surface area (Å²) in [5.74, 6) is -1.40. The minimum absolute atomic E-state index is 0.147. The highest BCUT2D eigenvalue weighted by Crippen LogP contribution is 2.16. The molecular formula is C11H21NO4. The number of hydrogen-bond donors (Lipinski definition) is 2. The Morgan fingerprint density at radius 2 is 1.94 bits per heavy atom. The summed E-state index contributed by atoms with van der Waals surface area (Å²) in [5.41, 5.74) is 3.64. The Morgan fingerprint density at radius 3 is 2.31 bits per heavy atom. The van der Waals surface area contributed by atoms with E-state index in [1.165, 1.54) is 0 Å². The summed E-state index contributed by atoms with van der Waals surface area (Å²) in [7, 11) is 0. The highest BCUT2D eigenvalue weighted by atomic mass is 16.6. The molecule has 0 fully saturated rings. The molecule has 0 aromatic heterocycles. The first-order chi connectivity index (χ1) is 7.28.